The molecule has 0 aliphatic heterocycles. The van der Waals surface area contributed by atoms with E-state index < -0.39 is 0 Å². The Labute approximate surface area is 132 Å². The van der Waals surface area contributed by atoms with Gasteiger partial charge in [0.25, 0.3) is 0 Å². The molecule has 0 spiro atoms. The van der Waals surface area contributed by atoms with E-state index in [9.17, 15) is 4.79 Å². The van der Waals surface area contributed by atoms with Gasteiger partial charge in [0.15, 0.2) is 0 Å². The topological polar surface area (TPSA) is 26.3 Å². The van der Waals surface area contributed by atoms with Gasteiger partial charge in [-0.1, -0.05) is 77.2 Å². The molecule has 0 aliphatic carbocycles. The van der Waals surface area contributed by atoms with E-state index in [1.54, 1.807) is 6.08 Å². The van der Waals surface area contributed by atoms with E-state index in [1.807, 2.05) is 19.9 Å². The van der Waals surface area contributed by atoms with Gasteiger partial charge in [-0.2, -0.15) is 0 Å². The SMILES string of the molecule is CCCCCCCCCCCCC/C=C\C(=O)OC(C)C. The third-order valence-corrected chi connectivity index (χ3v) is 3.58. The van der Waals surface area contributed by atoms with E-state index in [0.717, 1.165) is 6.42 Å². The minimum Gasteiger partial charge on any atom is -0.460 e. The number of unbranched alkanes of at least 4 members (excludes halogenated alkanes) is 11. The van der Waals surface area contributed by atoms with E-state index in [2.05, 4.69) is 6.92 Å². The van der Waals surface area contributed by atoms with Crippen LogP contribution in [0.3, 0.4) is 0 Å². The number of ether oxygens (including phenoxy) is 1. The first-order valence-corrected chi connectivity index (χ1v) is 9.04. The first-order chi connectivity index (χ1) is 10.2. The summed E-state index contributed by atoms with van der Waals surface area (Å²) < 4.78 is 5.03. The van der Waals surface area contributed by atoms with Crippen molar-refractivity contribution in [3.05, 3.63) is 12.2 Å². The Morgan fingerprint density at radius 2 is 1.33 bits per heavy atom. The van der Waals surface area contributed by atoms with Gasteiger partial charge in [-0.05, 0) is 26.7 Å². The molecule has 2 nitrogen and oxygen atoms in total. The van der Waals surface area contributed by atoms with Gasteiger partial charge < -0.3 is 4.74 Å². The van der Waals surface area contributed by atoms with Gasteiger partial charge >= 0.3 is 5.97 Å². The maximum absolute atomic E-state index is 11.2. The van der Waals surface area contributed by atoms with Gasteiger partial charge in [0.1, 0.15) is 0 Å². The highest BCUT2D eigenvalue weighted by molar-refractivity contribution is 5.81. The fourth-order valence-electron chi connectivity index (χ4n) is 2.38. The number of hydrogen-bond acceptors (Lipinski definition) is 2. The Morgan fingerprint density at radius 1 is 0.857 bits per heavy atom. The lowest BCUT2D eigenvalue weighted by atomic mass is 10.1. The second-order valence-corrected chi connectivity index (χ2v) is 6.21. The van der Waals surface area contributed by atoms with E-state index in [0.29, 0.717) is 0 Å². The highest BCUT2D eigenvalue weighted by atomic mass is 16.5. The summed E-state index contributed by atoms with van der Waals surface area (Å²) in [5.41, 5.74) is 0. The Morgan fingerprint density at radius 3 is 1.81 bits per heavy atom. The number of carbonyl (C=O) groups excluding carboxylic acids is 1. The van der Waals surface area contributed by atoms with Crippen LogP contribution in [0.15, 0.2) is 12.2 Å². The summed E-state index contributed by atoms with van der Waals surface area (Å²) in [6.07, 6.45) is 19.4. The summed E-state index contributed by atoms with van der Waals surface area (Å²) in [7, 11) is 0. The van der Waals surface area contributed by atoms with Crippen LogP contribution in [0.5, 0.6) is 0 Å². The van der Waals surface area contributed by atoms with Crippen LogP contribution in [0.2, 0.25) is 0 Å². The fraction of sp³-hybridized carbons (Fsp3) is 0.842. The Bertz CT molecular complexity index is 256. The quantitative estimate of drug-likeness (QED) is 0.217. The largest absolute Gasteiger partial charge is 0.460 e. The van der Waals surface area contributed by atoms with Crippen LogP contribution in [0, 0.1) is 0 Å². The van der Waals surface area contributed by atoms with Crippen LogP contribution < -0.4 is 0 Å². The molecular weight excluding hydrogens is 260 g/mol. The molecule has 0 radical (unpaired) electrons. The monoisotopic (exact) mass is 296 g/mol. The van der Waals surface area contributed by atoms with E-state index in [-0.39, 0.29) is 12.1 Å². The molecule has 0 bridgehead atoms. The molecule has 0 aliphatic rings. The second-order valence-electron chi connectivity index (χ2n) is 6.21. The molecule has 2 heteroatoms. The van der Waals surface area contributed by atoms with Crippen LogP contribution in [0.25, 0.3) is 0 Å². The van der Waals surface area contributed by atoms with E-state index in [4.69, 9.17) is 4.74 Å². The molecule has 0 aromatic carbocycles. The smallest absolute Gasteiger partial charge is 0.330 e. The zero-order chi connectivity index (χ0) is 15.8. The zero-order valence-corrected chi connectivity index (χ0v) is 14.5. The normalized spacial score (nSPS) is 11.4. The average Bonchev–Trinajstić information content (AvgIpc) is 2.43. The summed E-state index contributed by atoms with van der Waals surface area (Å²) in [6.45, 7) is 6.01. The standard InChI is InChI=1S/C19H36O2/c1-4-5-6-7-8-9-10-11-12-13-14-15-16-17-19(20)21-18(2)3/h16-18H,4-15H2,1-3H3/b17-16-. The van der Waals surface area contributed by atoms with Crippen molar-refractivity contribution in [3.63, 3.8) is 0 Å². The van der Waals surface area contributed by atoms with Gasteiger partial charge in [-0.25, -0.2) is 4.79 Å². The molecule has 124 valence electrons. The van der Waals surface area contributed by atoms with Crippen molar-refractivity contribution in [2.24, 2.45) is 0 Å². The van der Waals surface area contributed by atoms with Gasteiger partial charge in [0, 0.05) is 6.08 Å². The predicted octanol–water partition coefficient (Wildman–Crippen LogP) is 6.20. The third kappa shape index (κ3) is 17.2. The van der Waals surface area contributed by atoms with Crippen LogP contribution in [-0.2, 0) is 9.53 Å². The average molecular weight is 296 g/mol. The molecule has 0 saturated heterocycles. The van der Waals surface area contributed by atoms with Gasteiger partial charge in [0.05, 0.1) is 6.10 Å². The molecule has 0 atom stereocenters. The number of rotatable bonds is 14. The molecule has 21 heavy (non-hydrogen) atoms. The van der Waals surface area contributed by atoms with Crippen LogP contribution in [-0.4, -0.2) is 12.1 Å². The third-order valence-electron chi connectivity index (χ3n) is 3.58. The van der Waals surface area contributed by atoms with Crippen molar-refractivity contribution in [1.82, 2.24) is 0 Å². The lowest BCUT2D eigenvalue weighted by molar-refractivity contribution is -0.141. The fourth-order valence-corrected chi connectivity index (χ4v) is 2.38. The molecule has 0 saturated carbocycles. The number of carbonyl (C=O) groups is 1. The Kier molecular flexibility index (Phi) is 15.0. The summed E-state index contributed by atoms with van der Waals surface area (Å²) >= 11 is 0. The number of hydrogen-bond donors (Lipinski definition) is 0. The highest BCUT2D eigenvalue weighted by Gasteiger charge is 1.98. The van der Waals surface area contributed by atoms with Crippen molar-refractivity contribution in [2.45, 2.75) is 104 Å². The Hall–Kier alpha value is -0.790. The maximum atomic E-state index is 11.2. The molecule has 0 aromatic rings. The van der Waals surface area contributed by atoms with Crippen molar-refractivity contribution < 1.29 is 9.53 Å². The van der Waals surface area contributed by atoms with E-state index >= 15 is 0 Å². The highest BCUT2D eigenvalue weighted by Crippen LogP contribution is 2.12. The number of allylic oxidation sites excluding steroid dienone is 1. The lowest BCUT2D eigenvalue weighted by Crippen LogP contribution is -2.08. The molecule has 0 fully saturated rings. The van der Waals surface area contributed by atoms with Crippen LogP contribution >= 0.6 is 0 Å². The minimum absolute atomic E-state index is 0.0240. The molecule has 0 aromatic heterocycles. The minimum atomic E-state index is -0.215. The lowest BCUT2D eigenvalue weighted by Gasteiger charge is -2.04. The molecular formula is C19H36O2. The summed E-state index contributed by atoms with van der Waals surface area (Å²) in [5, 5.41) is 0. The first kappa shape index (κ1) is 20.2. The summed E-state index contributed by atoms with van der Waals surface area (Å²) in [5.74, 6) is -0.215. The van der Waals surface area contributed by atoms with Gasteiger partial charge in [-0.3, -0.25) is 0 Å². The molecule has 0 unspecified atom stereocenters. The van der Waals surface area contributed by atoms with Crippen molar-refractivity contribution in [3.8, 4) is 0 Å². The zero-order valence-electron chi connectivity index (χ0n) is 14.5. The molecule has 0 heterocycles. The van der Waals surface area contributed by atoms with Gasteiger partial charge in [0.2, 0.25) is 0 Å². The van der Waals surface area contributed by atoms with Gasteiger partial charge in [-0.15, -0.1) is 0 Å². The van der Waals surface area contributed by atoms with Crippen molar-refractivity contribution in [1.29, 1.82) is 0 Å². The second kappa shape index (κ2) is 15.6. The van der Waals surface area contributed by atoms with Crippen LogP contribution in [0.4, 0.5) is 0 Å². The predicted molar refractivity (Wildman–Crippen MR) is 91.4 cm³/mol. The van der Waals surface area contributed by atoms with Crippen molar-refractivity contribution in [2.75, 3.05) is 0 Å². The maximum Gasteiger partial charge on any atom is 0.330 e. The number of esters is 1. The summed E-state index contributed by atoms with van der Waals surface area (Å²) in [4.78, 5) is 11.2. The Balaban J connectivity index is 3.18. The first-order valence-electron chi connectivity index (χ1n) is 9.04. The van der Waals surface area contributed by atoms with Crippen molar-refractivity contribution >= 4 is 5.97 Å². The molecule has 0 N–H and O–H groups in total. The molecule has 0 rings (SSSR count). The van der Waals surface area contributed by atoms with Crippen LogP contribution in [0.1, 0.15) is 97.8 Å². The summed E-state index contributed by atoms with van der Waals surface area (Å²) in [6, 6.07) is 0. The van der Waals surface area contributed by atoms with E-state index in [1.165, 1.54) is 70.6 Å². The molecule has 0 amide bonds.